The fourth-order valence-electron chi connectivity index (χ4n) is 2.81. The van der Waals surface area contributed by atoms with Crippen LogP contribution in [0, 0.1) is 12.8 Å². The van der Waals surface area contributed by atoms with Gasteiger partial charge in [0, 0.05) is 24.2 Å². The van der Waals surface area contributed by atoms with Gasteiger partial charge in [-0.15, -0.1) is 0 Å². The normalized spacial score (nSPS) is 19.2. The number of fused-ring (bicyclic) bond motifs is 1. The molecule has 0 saturated carbocycles. The van der Waals surface area contributed by atoms with Crippen LogP contribution in [0.4, 0.5) is 13.2 Å². The molecule has 8 heteroatoms. The fourth-order valence-corrected chi connectivity index (χ4v) is 2.81. The van der Waals surface area contributed by atoms with Crippen molar-refractivity contribution in [3.8, 4) is 0 Å². The second-order valence-corrected chi connectivity index (χ2v) is 5.96. The minimum absolute atomic E-state index is 0.0220. The van der Waals surface area contributed by atoms with Gasteiger partial charge in [0.15, 0.2) is 5.69 Å². The Morgan fingerprint density at radius 3 is 2.65 bits per heavy atom. The molecule has 0 spiro atoms. The van der Waals surface area contributed by atoms with E-state index in [1.807, 2.05) is 0 Å². The molecular weight excluding hydrogens is 311 g/mol. The van der Waals surface area contributed by atoms with Gasteiger partial charge in [0.2, 0.25) is 5.91 Å². The first-order chi connectivity index (χ1) is 10.6. The Labute approximate surface area is 132 Å². The number of halogens is 3. The van der Waals surface area contributed by atoms with Crippen molar-refractivity contribution in [3.63, 3.8) is 0 Å². The van der Waals surface area contributed by atoms with E-state index in [1.165, 1.54) is 11.8 Å². The number of carbonyl (C=O) groups excluding carboxylic acids is 1. The van der Waals surface area contributed by atoms with Crippen molar-refractivity contribution in [3.05, 3.63) is 22.8 Å². The summed E-state index contributed by atoms with van der Waals surface area (Å²) >= 11 is 0. The molecule has 23 heavy (non-hydrogen) atoms. The molecule has 0 aliphatic heterocycles. The lowest BCUT2D eigenvalue weighted by atomic mass is 9.84. The maximum absolute atomic E-state index is 13.2. The largest absolute Gasteiger partial charge is 0.433 e. The summed E-state index contributed by atoms with van der Waals surface area (Å²) in [6, 6.07) is -0.375. The summed E-state index contributed by atoms with van der Waals surface area (Å²) in [5, 5.41) is 9.13. The zero-order valence-corrected chi connectivity index (χ0v) is 13.3. The van der Waals surface area contributed by atoms with Gasteiger partial charge in [0.25, 0.3) is 0 Å². The Morgan fingerprint density at radius 2 is 2.09 bits per heavy atom. The quantitative estimate of drug-likeness (QED) is 0.916. The van der Waals surface area contributed by atoms with Crippen molar-refractivity contribution in [1.82, 2.24) is 14.9 Å². The van der Waals surface area contributed by atoms with Gasteiger partial charge < -0.3 is 10.0 Å². The molecule has 1 aliphatic carbocycles. The number of carbonyl (C=O) groups is 1. The summed E-state index contributed by atoms with van der Waals surface area (Å²) < 4.78 is 39.6. The minimum Gasteiger partial charge on any atom is -0.394 e. The molecule has 0 radical (unpaired) electrons. The number of hydrogen-bond acceptors (Lipinski definition) is 4. The zero-order valence-electron chi connectivity index (χ0n) is 13.3. The van der Waals surface area contributed by atoms with E-state index in [2.05, 4.69) is 9.97 Å². The van der Waals surface area contributed by atoms with Gasteiger partial charge in [-0.05, 0) is 33.1 Å². The van der Waals surface area contributed by atoms with Crippen LogP contribution < -0.4 is 0 Å². The second-order valence-electron chi connectivity index (χ2n) is 5.96. The number of aryl methyl sites for hydroxylation is 2. The van der Waals surface area contributed by atoms with E-state index in [-0.39, 0.29) is 36.4 Å². The third-order valence-corrected chi connectivity index (χ3v) is 4.28. The molecule has 2 rings (SSSR count). The van der Waals surface area contributed by atoms with Gasteiger partial charge in [-0.1, -0.05) is 0 Å². The molecule has 1 aromatic rings. The molecule has 0 aromatic carbocycles. The average molecular weight is 331 g/mol. The first-order valence-electron chi connectivity index (χ1n) is 7.46. The lowest BCUT2D eigenvalue weighted by Gasteiger charge is -2.31. The van der Waals surface area contributed by atoms with Crippen molar-refractivity contribution < 1.29 is 23.1 Å². The monoisotopic (exact) mass is 331 g/mol. The van der Waals surface area contributed by atoms with Crippen molar-refractivity contribution >= 4 is 5.91 Å². The van der Waals surface area contributed by atoms with Gasteiger partial charge in [0.1, 0.15) is 5.82 Å². The fraction of sp³-hybridized carbons (Fsp3) is 0.667. The van der Waals surface area contributed by atoms with E-state index in [1.54, 1.807) is 14.0 Å². The van der Waals surface area contributed by atoms with Gasteiger partial charge >= 0.3 is 6.18 Å². The third kappa shape index (κ3) is 3.63. The lowest BCUT2D eigenvalue weighted by molar-refractivity contribution is -0.143. The van der Waals surface area contributed by atoms with Crippen molar-refractivity contribution in [2.75, 3.05) is 13.7 Å². The van der Waals surface area contributed by atoms with Crippen molar-refractivity contribution in [2.45, 2.75) is 45.3 Å². The van der Waals surface area contributed by atoms with Crippen LogP contribution >= 0.6 is 0 Å². The first kappa shape index (κ1) is 17.7. The predicted octanol–water partition coefficient (Wildman–Crippen LogP) is 1.75. The number of hydrogen-bond donors (Lipinski definition) is 1. The Hall–Kier alpha value is -1.70. The SMILES string of the molecule is Cc1nc2c(c(C(F)(F)F)n1)CC(C(=O)N(C)C(C)CO)CC2. The number of amides is 1. The Balaban J connectivity index is 2.32. The van der Waals surface area contributed by atoms with Crippen LogP contribution in [0.2, 0.25) is 0 Å². The van der Waals surface area contributed by atoms with Gasteiger partial charge in [-0.25, -0.2) is 9.97 Å². The van der Waals surface area contributed by atoms with Gasteiger partial charge in [-0.3, -0.25) is 4.79 Å². The highest BCUT2D eigenvalue weighted by Gasteiger charge is 2.40. The highest BCUT2D eigenvalue weighted by Crippen LogP contribution is 2.36. The number of aliphatic hydroxyl groups excluding tert-OH is 1. The molecule has 5 nitrogen and oxygen atoms in total. The van der Waals surface area contributed by atoms with E-state index in [9.17, 15) is 18.0 Å². The van der Waals surface area contributed by atoms with Crippen LogP contribution in [-0.4, -0.2) is 45.6 Å². The molecule has 2 unspecified atom stereocenters. The molecule has 128 valence electrons. The smallest absolute Gasteiger partial charge is 0.394 e. The van der Waals surface area contributed by atoms with Crippen LogP contribution in [0.3, 0.4) is 0 Å². The minimum atomic E-state index is -4.56. The summed E-state index contributed by atoms with van der Waals surface area (Å²) in [4.78, 5) is 21.5. The highest BCUT2D eigenvalue weighted by molar-refractivity contribution is 5.79. The van der Waals surface area contributed by atoms with Crippen LogP contribution in [0.15, 0.2) is 0 Å². The molecule has 2 atom stereocenters. The maximum Gasteiger partial charge on any atom is 0.433 e. The summed E-state index contributed by atoms with van der Waals surface area (Å²) in [5.41, 5.74) is -0.528. The van der Waals surface area contributed by atoms with E-state index in [0.29, 0.717) is 18.5 Å². The zero-order chi connectivity index (χ0) is 17.4. The van der Waals surface area contributed by atoms with E-state index < -0.39 is 17.8 Å². The molecule has 0 fully saturated rings. The predicted molar refractivity (Wildman–Crippen MR) is 76.6 cm³/mol. The van der Waals surface area contributed by atoms with Gasteiger partial charge in [0.05, 0.1) is 12.6 Å². The van der Waals surface area contributed by atoms with E-state index in [0.717, 1.165) is 0 Å². The summed E-state index contributed by atoms with van der Waals surface area (Å²) in [5.74, 6) is -0.716. The standard InChI is InChI=1S/C15H20F3N3O2/c1-8(7-22)21(3)14(23)10-4-5-12-11(6-10)13(15(16,17)18)20-9(2)19-12/h8,10,22H,4-7H2,1-3H3. The van der Waals surface area contributed by atoms with Crippen molar-refractivity contribution in [2.24, 2.45) is 5.92 Å². The maximum atomic E-state index is 13.2. The summed E-state index contributed by atoms with van der Waals surface area (Å²) in [6.45, 7) is 2.92. The molecule has 1 aliphatic rings. The number of nitrogens with zero attached hydrogens (tertiary/aromatic N) is 3. The van der Waals surface area contributed by atoms with Crippen LogP contribution in [0.25, 0.3) is 0 Å². The van der Waals surface area contributed by atoms with Crippen molar-refractivity contribution in [1.29, 1.82) is 0 Å². The highest BCUT2D eigenvalue weighted by atomic mass is 19.4. The summed E-state index contributed by atoms with van der Waals surface area (Å²) in [6.07, 6.45) is -3.82. The Bertz CT molecular complexity index is 604. The molecule has 0 bridgehead atoms. The third-order valence-electron chi connectivity index (χ3n) is 4.28. The van der Waals surface area contributed by atoms with E-state index >= 15 is 0 Å². The number of rotatable bonds is 3. The topological polar surface area (TPSA) is 66.3 Å². The average Bonchev–Trinajstić information content (AvgIpc) is 2.50. The number of aliphatic hydroxyl groups is 1. The van der Waals surface area contributed by atoms with Crippen LogP contribution in [-0.2, 0) is 23.8 Å². The molecule has 1 amide bonds. The van der Waals surface area contributed by atoms with Crippen LogP contribution in [0.5, 0.6) is 0 Å². The molecular formula is C15H20F3N3O2. The lowest BCUT2D eigenvalue weighted by Crippen LogP contribution is -2.42. The molecule has 1 aromatic heterocycles. The molecule has 1 heterocycles. The first-order valence-corrected chi connectivity index (χ1v) is 7.46. The number of likely N-dealkylation sites (N-methyl/N-ethyl adjacent to an activating group) is 1. The Kier molecular flexibility index (Phi) is 4.93. The molecule has 0 saturated heterocycles. The molecule has 1 N–H and O–H groups in total. The second kappa shape index (κ2) is 6.43. The number of aromatic nitrogens is 2. The van der Waals surface area contributed by atoms with E-state index in [4.69, 9.17) is 5.11 Å². The van der Waals surface area contributed by atoms with Crippen LogP contribution in [0.1, 0.15) is 36.1 Å². The summed E-state index contributed by atoms with van der Waals surface area (Å²) in [7, 11) is 1.55. The number of alkyl halides is 3. The Morgan fingerprint density at radius 1 is 1.43 bits per heavy atom. The van der Waals surface area contributed by atoms with Gasteiger partial charge in [-0.2, -0.15) is 13.2 Å².